The second kappa shape index (κ2) is 8.82. The minimum atomic E-state index is -1.31. The van der Waals surface area contributed by atoms with Crippen LogP contribution in [0, 0.1) is 11.8 Å². The molecule has 6 rings (SSSR count). The lowest BCUT2D eigenvalue weighted by molar-refractivity contribution is -0.155. The highest BCUT2D eigenvalue weighted by atomic mass is 16.6. The number of hydrogen-bond donors (Lipinski definition) is 1. The largest absolute Gasteiger partial charge is 0.465 e. The molecule has 11 nitrogen and oxygen atoms in total. The van der Waals surface area contributed by atoms with Gasteiger partial charge < -0.3 is 24.4 Å². The Kier molecular flexibility index (Phi) is 5.60. The first-order chi connectivity index (χ1) is 17.5. The number of nitrogens with zero attached hydrogens (tertiary/aromatic N) is 5. The molecule has 2 fully saturated rings. The van der Waals surface area contributed by atoms with Gasteiger partial charge in [0.2, 0.25) is 5.91 Å². The second-order valence-corrected chi connectivity index (χ2v) is 9.52. The van der Waals surface area contributed by atoms with Crippen molar-refractivity contribution in [3.63, 3.8) is 0 Å². The summed E-state index contributed by atoms with van der Waals surface area (Å²) in [4.78, 5) is 44.0. The van der Waals surface area contributed by atoms with Gasteiger partial charge in [-0.2, -0.15) is 0 Å². The number of carbonyl (C=O) groups is 3. The van der Waals surface area contributed by atoms with Gasteiger partial charge in [0.25, 0.3) is 5.91 Å². The van der Waals surface area contributed by atoms with E-state index in [1.54, 1.807) is 15.7 Å². The normalized spacial score (nSPS) is 31.6. The molecule has 1 aromatic carbocycles. The van der Waals surface area contributed by atoms with Crippen molar-refractivity contribution in [1.29, 1.82) is 0 Å². The number of para-hydroxylation sites is 1. The second-order valence-electron chi connectivity index (χ2n) is 9.52. The molecule has 2 amide bonds. The van der Waals surface area contributed by atoms with Crippen molar-refractivity contribution < 1.29 is 29.0 Å². The molecule has 0 radical (unpaired) electrons. The van der Waals surface area contributed by atoms with Crippen molar-refractivity contribution in [3.8, 4) is 0 Å². The number of cyclic esters (lactones) is 1. The van der Waals surface area contributed by atoms with Gasteiger partial charge in [-0.05, 0) is 25.0 Å². The summed E-state index contributed by atoms with van der Waals surface area (Å²) in [6.07, 6.45) is 7.48. The first kappa shape index (κ1) is 22.9. The van der Waals surface area contributed by atoms with Gasteiger partial charge in [0, 0.05) is 19.7 Å². The topological polar surface area (TPSA) is 127 Å². The molecule has 5 heterocycles. The van der Waals surface area contributed by atoms with Crippen LogP contribution in [-0.2, 0) is 30.5 Å². The fourth-order valence-electron chi connectivity index (χ4n) is 5.95. The maximum Gasteiger partial charge on any atom is 0.312 e. The predicted octanol–water partition coefficient (Wildman–Crippen LogP) is 0.254. The zero-order chi connectivity index (χ0) is 24.9. The van der Waals surface area contributed by atoms with Crippen molar-refractivity contribution in [2.75, 3.05) is 26.3 Å². The standard InChI is InChI=1S/C25H27N5O6/c31-13-6-12-29-21-23(33)28(15-30-17-8-2-1-7-16(17)26-27-30)11-5-10-25(21)20(22(29)32)19-18(36-25)9-3-4-14-35-24(19)34/h1-3,5,7-10,18-21,31H,4,6,11-15H2/t18-,19+,20-,21?,25-/m0/s1. The van der Waals surface area contributed by atoms with Gasteiger partial charge in [-0.3, -0.25) is 14.4 Å². The van der Waals surface area contributed by atoms with Crippen LogP contribution in [0.1, 0.15) is 12.8 Å². The molecule has 1 N–H and O–H groups in total. The Morgan fingerprint density at radius 2 is 2.00 bits per heavy atom. The zero-order valence-corrected chi connectivity index (χ0v) is 19.6. The van der Waals surface area contributed by atoms with Crippen LogP contribution in [0.4, 0.5) is 0 Å². The SMILES string of the molecule is O=C1OCCC=C[C@@H]2O[C@]34C=CCN(Cn5nnc6ccccc65)C(=O)C3N(CCCO)C(=O)[C@@H]4[C@H]12. The van der Waals surface area contributed by atoms with E-state index in [1.165, 1.54) is 4.90 Å². The van der Waals surface area contributed by atoms with Crippen molar-refractivity contribution >= 4 is 28.8 Å². The lowest BCUT2D eigenvalue weighted by Crippen LogP contribution is -2.55. The average Bonchev–Trinajstić information content (AvgIpc) is 3.45. The molecule has 1 aromatic heterocycles. The number of aliphatic hydroxyl groups excluding tert-OH is 1. The molecule has 2 saturated heterocycles. The van der Waals surface area contributed by atoms with E-state index in [0.29, 0.717) is 18.4 Å². The minimum Gasteiger partial charge on any atom is -0.465 e. The average molecular weight is 494 g/mol. The number of likely N-dealkylation sites (tertiary alicyclic amines) is 1. The van der Waals surface area contributed by atoms with Crippen LogP contribution < -0.4 is 0 Å². The highest BCUT2D eigenvalue weighted by molar-refractivity contribution is 5.99. The van der Waals surface area contributed by atoms with Crippen LogP contribution in [0.2, 0.25) is 0 Å². The lowest BCUT2D eigenvalue weighted by atomic mass is 9.78. The molecule has 0 aliphatic carbocycles. The Labute approximate surface area is 206 Å². The maximum atomic E-state index is 14.1. The van der Waals surface area contributed by atoms with E-state index in [2.05, 4.69) is 10.3 Å². The number of carbonyl (C=O) groups excluding carboxylic acids is 3. The van der Waals surface area contributed by atoms with Crippen molar-refractivity contribution in [2.24, 2.45) is 11.8 Å². The molecular weight excluding hydrogens is 466 g/mol. The number of fused-ring (bicyclic) bond motifs is 3. The number of ether oxygens (including phenoxy) is 2. The molecule has 1 spiro atoms. The van der Waals surface area contributed by atoms with Crippen LogP contribution in [-0.4, -0.2) is 91.7 Å². The fraction of sp³-hybridized carbons (Fsp3) is 0.480. The van der Waals surface area contributed by atoms with E-state index in [-0.39, 0.29) is 44.8 Å². The van der Waals surface area contributed by atoms with E-state index in [9.17, 15) is 19.5 Å². The first-order valence-corrected chi connectivity index (χ1v) is 12.2. The predicted molar refractivity (Wildman–Crippen MR) is 125 cm³/mol. The number of rotatable bonds is 5. The van der Waals surface area contributed by atoms with Crippen LogP contribution in [0.3, 0.4) is 0 Å². The van der Waals surface area contributed by atoms with Crippen LogP contribution in [0.5, 0.6) is 0 Å². The fourth-order valence-corrected chi connectivity index (χ4v) is 5.95. The van der Waals surface area contributed by atoms with E-state index in [0.717, 1.165) is 5.52 Å². The van der Waals surface area contributed by atoms with Gasteiger partial charge in [0.1, 0.15) is 29.7 Å². The van der Waals surface area contributed by atoms with Gasteiger partial charge in [-0.1, -0.05) is 41.7 Å². The first-order valence-electron chi connectivity index (χ1n) is 12.2. The number of aliphatic hydroxyl groups is 1. The van der Waals surface area contributed by atoms with Gasteiger partial charge in [-0.25, -0.2) is 4.68 Å². The molecule has 0 bridgehead atoms. The van der Waals surface area contributed by atoms with Gasteiger partial charge in [0.05, 0.1) is 24.1 Å². The summed E-state index contributed by atoms with van der Waals surface area (Å²) in [5.74, 6) is -2.87. The Morgan fingerprint density at radius 3 is 2.86 bits per heavy atom. The third kappa shape index (κ3) is 3.37. The van der Waals surface area contributed by atoms with Crippen LogP contribution in [0.25, 0.3) is 11.0 Å². The third-order valence-electron chi connectivity index (χ3n) is 7.49. The van der Waals surface area contributed by atoms with E-state index in [4.69, 9.17) is 9.47 Å². The number of esters is 1. The summed E-state index contributed by atoms with van der Waals surface area (Å²) in [5, 5.41) is 17.9. The molecule has 5 atom stereocenters. The monoisotopic (exact) mass is 493 g/mol. The third-order valence-corrected chi connectivity index (χ3v) is 7.49. The Balaban J connectivity index is 1.39. The zero-order valence-electron chi connectivity index (χ0n) is 19.6. The molecule has 2 aromatic rings. The molecule has 0 saturated carbocycles. The van der Waals surface area contributed by atoms with Crippen molar-refractivity contribution in [3.05, 3.63) is 48.6 Å². The molecule has 36 heavy (non-hydrogen) atoms. The molecular formula is C25H27N5O6. The quantitative estimate of drug-likeness (QED) is 0.464. The van der Waals surface area contributed by atoms with Crippen LogP contribution >= 0.6 is 0 Å². The minimum absolute atomic E-state index is 0.134. The van der Waals surface area contributed by atoms with Gasteiger partial charge >= 0.3 is 5.97 Å². The number of hydrogen-bond acceptors (Lipinski definition) is 8. The summed E-state index contributed by atoms with van der Waals surface area (Å²) in [5.41, 5.74) is 0.189. The number of benzene rings is 1. The lowest BCUT2D eigenvalue weighted by Gasteiger charge is -2.35. The molecule has 11 heteroatoms. The Morgan fingerprint density at radius 1 is 1.14 bits per heavy atom. The maximum absolute atomic E-state index is 14.1. The summed E-state index contributed by atoms with van der Waals surface area (Å²) in [6.45, 7) is 0.684. The van der Waals surface area contributed by atoms with E-state index in [1.807, 2.05) is 42.5 Å². The summed E-state index contributed by atoms with van der Waals surface area (Å²) >= 11 is 0. The summed E-state index contributed by atoms with van der Waals surface area (Å²) in [7, 11) is 0. The Hall–Kier alpha value is -3.57. The van der Waals surface area contributed by atoms with E-state index >= 15 is 0 Å². The number of aromatic nitrogens is 3. The smallest absolute Gasteiger partial charge is 0.312 e. The van der Waals surface area contributed by atoms with Crippen molar-refractivity contribution in [1.82, 2.24) is 24.8 Å². The molecule has 4 aliphatic heterocycles. The highest BCUT2D eigenvalue weighted by Gasteiger charge is 2.71. The summed E-state index contributed by atoms with van der Waals surface area (Å²) in [6, 6.07) is 6.50. The van der Waals surface area contributed by atoms with E-state index < -0.39 is 35.6 Å². The Bertz CT molecular complexity index is 1270. The highest BCUT2D eigenvalue weighted by Crippen LogP contribution is 2.53. The van der Waals surface area contributed by atoms with Crippen LogP contribution in [0.15, 0.2) is 48.6 Å². The van der Waals surface area contributed by atoms with Gasteiger partial charge in [0.15, 0.2) is 0 Å². The van der Waals surface area contributed by atoms with Crippen molar-refractivity contribution in [2.45, 2.75) is 37.3 Å². The summed E-state index contributed by atoms with van der Waals surface area (Å²) < 4.78 is 13.6. The van der Waals surface area contributed by atoms with Gasteiger partial charge in [-0.15, -0.1) is 5.10 Å². The molecule has 4 aliphatic rings. The molecule has 188 valence electrons. The number of amides is 2. The molecule has 1 unspecified atom stereocenters.